The van der Waals surface area contributed by atoms with Crippen LogP contribution in [0.25, 0.3) is 10.1 Å². The summed E-state index contributed by atoms with van der Waals surface area (Å²) in [6, 6.07) is 4.98. The van der Waals surface area contributed by atoms with E-state index in [0.29, 0.717) is 15.8 Å². The van der Waals surface area contributed by atoms with Gasteiger partial charge in [-0.1, -0.05) is 6.07 Å². The highest BCUT2D eigenvalue weighted by Crippen LogP contribution is 2.26. The lowest BCUT2D eigenvalue weighted by atomic mass is 9.79. The normalized spacial score (nSPS) is 10.8. The molecule has 0 aliphatic rings. The van der Waals surface area contributed by atoms with Gasteiger partial charge in [-0.25, -0.2) is 0 Å². The molecule has 1 aromatic carbocycles. The first-order valence-corrected chi connectivity index (χ1v) is 4.75. The molecule has 1 aromatic heterocycles. The summed E-state index contributed by atoms with van der Waals surface area (Å²) in [7, 11) is -1.83. The topological polar surface area (TPSA) is 66.5 Å². The van der Waals surface area contributed by atoms with Crippen molar-refractivity contribution in [1.29, 1.82) is 0 Å². The number of halogens is 1. The molecule has 6 heteroatoms. The van der Waals surface area contributed by atoms with Crippen molar-refractivity contribution < 1.29 is 14.4 Å². The number of hydrogen-bond acceptors (Lipinski definition) is 4. The molecular formula is C8H7BFNO2S. The molecule has 3 nitrogen and oxygen atoms in total. The van der Waals surface area contributed by atoms with Crippen molar-refractivity contribution in [3.8, 4) is 0 Å². The standard InChI is InChI=1S/C8H7BFNO2S/c10-8-7(9(12)13)6-4(11)2-1-3-5(6)14-8/h1-3,12-13H,11H2. The highest BCUT2D eigenvalue weighted by Gasteiger charge is 2.23. The lowest BCUT2D eigenvalue weighted by Gasteiger charge is -2.00. The molecule has 0 spiro atoms. The Kier molecular flexibility index (Phi) is 2.18. The molecule has 0 aliphatic carbocycles. The molecule has 4 N–H and O–H groups in total. The second kappa shape index (κ2) is 3.23. The van der Waals surface area contributed by atoms with Crippen LogP contribution in [0, 0.1) is 5.13 Å². The number of hydrogen-bond donors (Lipinski definition) is 3. The van der Waals surface area contributed by atoms with Crippen molar-refractivity contribution in [3.63, 3.8) is 0 Å². The SMILES string of the molecule is Nc1cccc2sc(F)c(B(O)O)c12. The third kappa shape index (κ3) is 1.28. The third-order valence-electron chi connectivity index (χ3n) is 2.00. The molecule has 0 bridgehead atoms. The summed E-state index contributed by atoms with van der Waals surface area (Å²) in [5, 5.41) is 17.8. The van der Waals surface area contributed by atoms with Gasteiger partial charge in [-0.2, -0.15) is 4.39 Å². The fourth-order valence-electron chi connectivity index (χ4n) is 1.40. The molecule has 0 fully saturated rings. The van der Waals surface area contributed by atoms with Crippen molar-refractivity contribution in [1.82, 2.24) is 0 Å². The van der Waals surface area contributed by atoms with E-state index in [0.717, 1.165) is 11.3 Å². The zero-order valence-electron chi connectivity index (χ0n) is 7.07. The van der Waals surface area contributed by atoms with E-state index < -0.39 is 12.2 Å². The van der Waals surface area contributed by atoms with Crippen molar-refractivity contribution in [3.05, 3.63) is 23.3 Å². The Morgan fingerprint density at radius 3 is 2.71 bits per heavy atom. The first-order chi connectivity index (χ1) is 6.61. The molecule has 0 saturated carbocycles. The van der Waals surface area contributed by atoms with Gasteiger partial charge < -0.3 is 15.8 Å². The Bertz CT molecular complexity index is 485. The quantitative estimate of drug-likeness (QED) is 0.469. The third-order valence-corrected chi connectivity index (χ3v) is 2.96. The van der Waals surface area contributed by atoms with Crippen LogP contribution in [-0.2, 0) is 0 Å². The molecule has 0 unspecified atom stereocenters. The van der Waals surface area contributed by atoms with Gasteiger partial charge in [0.1, 0.15) is 0 Å². The van der Waals surface area contributed by atoms with Crippen LogP contribution in [0.1, 0.15) is 0 Å². The molecule has 0 aliphatic heterocycles. The summed E-state index contributed by atoms with van der Waals surface area (Å²) in [6.45, 7) is 0. The number of thiophene rings is 1. The molecule has 72 valence electrons. The number of nitrogen functional groups attached to an aromatic ring is 1. The first-order valence-electron chi connectivity index (χ1n) is 3.93. The molecule has 14 heavy (non-hydrogen) atoms. The van der Waals surface area contributed by atoms with E-state index in [1.54, 1.807) is 18.2 Å². The minimum Gasteiger partial charge on any atom is -0.423 e. The van der Waals surface area contributed by atoms with Crippen molar-refractivity contribution in [2.45, 2.75) is 0 Å². The van der Waals surface area contributed by atoms with Gasteiger partial charge in [0.15, 0.2) is 5.13 Å². The van der Waals surface area contributed by atoms with Crippen LogP contribution in [0.15, 0.2) is 18.2 Å². The average molecular weight is 211 g/mol. The lowest BCUT2D eigenvalue weighted by Crippen LogP contribution is -2.31. The molecule has 2 aromatic rings. The number of anilines is 1. The van der Waals surface area contributed by atoms with Crippen LogP contribution in [0.2, 0.25) is 0 Å². The molecule has 0 radical (unpaired) electrons. The molecule has 0 amide bonds. The Morgan fingerprint density at radius 2 is 2.07 bits per heavy atom. The maximum absolute atomic E-state index is 13.3. The average Bonchev–Trinajstić information content (AvgIpc) is 2.42. The van der Waals surface area contributed by atoms with Crippen molar-refractivity contribution in [2.75, 3.05) is 5.73 Å². The second-order valence-electron chi connectivity index (χ2n) is 2.88. The summed E-state index contributed by atoms with van der Waals surface area (Å²) < 4.78 is 13.9. The second-order valence-corrected chi connectivity index (χ2v) is 3.89. The fraction of sp³-hybridized carbons (Fsp3) is 0. The van der Waals surface area contributed by atoms with Gasteiger partial charge in [0.2, 0.25) is 0 Å². The van der Waals surface area contributed by atoms with E-state index in [2.05, 4.69) is 0 Å². The summed E-state index contributed by atoms with van der Waals surface area (Å²) in [5.41, 5.74) is 5.84. The van der Waals surface area contributed by atoms with E-state index >= 15 is 0 Å². The number of fused-ring (bicyclic) bond motifs is 1. The predicted molar refractivity (Wildman–Crippen MR) is 56.0 cm³/mol. The van der Waals surface area contributed by atoms with Gasteiger partial charge >= 0.3 is 7.12 Å². The van der Waals surface area contributed by atoms with Crippen molar-refractivity contribution >= 4 is 39.7 Å². The smallest absolute Gasteiger partial charge is 0.423 e. The van der Waals surface area contributed by atoms with Gasteiger partial charge in [-0.3, -0.25) is 0 Å². The highest BCUT2D eigenvalue weighted by atomic mass is 32.1. The van der Waals surface area contributed by atoms with Gasteiger partial charge in [0.25, 0.3) is 0 Å². The van der Waals surface area contributed by atoms with Crippen LogP contribution < -0.4 is 11.2 Å². The molecule has 0 saturated heterocycles. The summed E-state index contributed by atoms with van der Waals surface area (Å²) >= 11 is 0.855. The van der Waals surface area contributed by atoms with Crippen LogP contribution in [-0.4, -0.2) is 17.2 Å². The van der Waals surface area contributed by atoms with E-state index in [-0.39, 0.29) is 5.46 Å². The molecule has 1 heterocycles. The largest absolute Gasteiger partial charge is 0.493 e. The molecule has 0 atom stereocenters. The predicted octanol–water partition coefficient (Wildman–Crippen LogP) is 0.302. The van der Waals surface area contributed by atoms with E-state index in [4.69, 9.17) is 15.8 Å². The summed E-state index contributed by atoms with van der Waals surface area (Å²) in [4.78, 5) is 0. The maximum Gasteiger partial charge on any atom is 0.493 e. The fourth-order valence-corrected chi connectivity index (χ4v) is 2.39. The van der Waals surface area contributed by atoms with Crippen molar-refractivity contribution in [2.24, 2.45) is 0 Å². The number of rotatable bonds is 1. The van der Waals surface area contributed by atoms with Crippen LogP contribution in [0.3, 0.4) is 0 Å². The Morgan fingerprint density at radius 1 is 1.36 bits per heavy atom. The van der Waals surface area contributed by atoms with E-state index in [9.17, 15) is 4.39 Å². The van der Waals surface area contributed by atoms with Gasteiger partial charge in [0, 0.05) is 21.2 Å². The Hall–Kier alpha value is -1.11. The van der Waals surface area contributed by atoms with Gasteiger partial charge in [0.05, 0.1) is 0 Å². The lowest BCUT2D eigenvalue weighted by molar-refractivity contribution is 0.424. The van der Waals surface area contributed by atoms with E-state index in [1.165, 1.54) is 0 Å². The monoisotopic (exact) mass is 211 g/mol. The van der Waals surface area contributed by atoms with Gasteiger partial charge in [-0.05, 0) is 12.1 Å². The maximum atomic E-state index is 13.3. The summed E-state index contributed by atoms with van der Waals surface area (Å²) in [5.74, 6) is 0. The minimum absolute atomic E-state index is 0.136. The zero-order chi connectivity index (χ0) is 10.3. The van der Waals surface area contributed by atoms with Crippen LogP contribution >= 0.6 is 11.3 Å². The van der Waals surface area contributed by atoms with Crippen LogP contribution in [0.4, 0.5) is 10.1 Å². The van der Waals surface area contributed by atoms with E-state index in [1.807, 2.05) is 0 Å². The van der Waals surface area contributed by atoms with Crippen LogP contribution in [0.5, 0.6) is 0 Å². The molecular weight excluding hydrogens is 204 g/mol. The highest BCUT2D eigenvalue weighted by molar-refractivity contribution is 7.19. The number of nitrogens with two attached hydrogens (primary N) is 1. The summed E-state index contributed by atoms with van der Waals surface area (Å²) in [6.07, 6.45) is 0. The molecule has 2 rings (SSSR count). The Balaban J connectivity index is 2.86. The first kappa shape index (κ1) is 9.45. The number of benzene rings is 1. The van der Waals surface area contributed by atoms with Gasteiger partial charge in [-0.15, -0.1) is 11.3 Å². The minimum atomic E-state index is -1.83. The zero-order valence-corrected chi connectivity index (χ0v) is 7.88. The Labute approximate surface area is 83.7 Å².